The minimum Gasteiger partial charge on any atom is -0.122 e. The highest BCUT2D eigenvalue weighted by Gasteiger charge is 1.87. The zero-order valence-corrected chi connectivity index (χ0v) is 10.2. The van der Waals surface area contributed by atoms with Crippen LogP contribution in [0, 0.1) is 0 Å². The summed E-state index contributed by atoms with van der Waals surface area (Å²) in [5.41, 5.74) is 0. The van der Waals surface area contributed by atoms with Crippen LogP contribution in [-0.2, 0) is 0 Å². The predicted octanol–water partition coefficient (Wildman–Crippen LogP) is 4.92. The van der Waals surface area contributed by atoms with Crippen molar-refractivity contribution in [3.8, 4) is 0 Å². The average molecular weight is 235 g/mol. The minimum absolute atomic E-state index is 0.642. The molecule has 82 valence electrons. The van der Waals surface area contributed by atoms with Gasteiger partial charge in [-0.3, -0.25) is 0 Å². The molecule has 0 atom stereocenters. The number of hydrogen-bond acceptors (Lipinski definition) is 0. The second-order valence-electron chi connectivity index (χ2n) is 3.24. The second kappa shape index (κ2) is 13.1. The van der Waals surface area contributed by atoms with Gasteiger partial charge in [0.25, 0.3) is 0 Å². The maximum atomic E-state index is 5.51. The Morgan fingerprint density at radius 2 is 1.00 bits per heavy atom. The molecular weight excluding hydrogens is 215 g/mol. The van der Waals surface area contributed by atoms with Crippen molar-refractivity contribution in [2.24, 2.45) is 0 Å². The molecule has 0 radical (unpaired) electrons. The first-order valence-corrected chi connectivity index (χ1v) is 6.40. The lowest BCUT2D eigenvalue weighted by Crippen LogP contribution is -1.77. The van der Waals surface area contributed by atoms with E-state index in [1.807, 2.05) is 12.2 Å². The van der Waals surface area contributed by atoms with Crippen LogP contribution in [0.4, 0.5) is 0 Å². The molecule has 0 aliphatic heterocycles. The van der Waals surface area contributed by atoms with E-state index in [1.165, 1.54) is 38.5 Å². The van der Waals surface area contributed by atoms with Crippen LogP contribution in [0.3, 0.4) is 0 Å². The summed E-state index contributed by atoms with van der Waals surface area (Å²) >= 11 is 11.0. The van der Waals surface area contributed by atoms with Gasteiger partial charge in [-0.25, -0.2) is 0 Å². The van der Waals surface area contributed by atoms with Crippen LogP contribution in [0.1, 0.15) is 38.5 Å². The van der Waals surface area contributed by atoms with Gasteiger partial charge >= 0.3 is 0 Å². The lowest BCUT2D eigenvalue weighted by atomic mass is 10.1. The van der Waals surface area contributed by atoms with E-state index in [0.717, 1.165) is 0 Å². The molecule has 0 nitrogen and oxygen atoms in total. The third-order valence-electron chi connectivity index (χ3n) is 2.00. The summed E-state index contributed by atoms with van der Waals surface area (Å²) in [6.07, 6.45) is 15.9. The molecular formula is C12H20Cl2. The van der Waals surface area contributed by atoms with E-state index in [-0.39, 0.29) is 0 Å². The van der Waals surface area contributed by atoms with Gasteiger partial charge < -0.3 is 0 Å². The topological polar surface area (TPSA) is 0 Å². The highest BCUT2D eigenvalue weighted by molar-refractivity contribution is 6.19. The van der Waals surface area contributed by atoms with Gasteiger partial charge in [-0.2, -0.15) is 0 Å². The van der Waals surface area contributed by atoms with Gasteiger partial charge in [-0.1, -0.05) is 37.1 Å². The molecule has 0 fully saturated rings. The molecule has 0 aliphatic rings. The van der Waals surface area contributed by atoms with Crippen LogP contribution in [0.5, 0.6) is 0 Å². The fourth-order valence-electron chi connectivity index (χ4n) is 1.24. The van der Waals surface area contributed by atoms with Crippen molar-refractivity contribution in [3.63, 3.8) is 0 Å². The number of hydrogen-bond donors (Lipinski definition) is 0. The summed E-state index contributed by atoms with van der Waals surface area (Å²) in [5.74, 6) is 1.28. The van der Waals surface area contributed by atoms with Crippen molar-refractivity contribution < 1.29 is 0 Å². The Balaban J connectivity index is 2.99. The van der Waals surface area contributed by atoms with Gasteiger partial charge in [0.05, 0.1) is 0 Å². The Morgan fingerprint density at radius 1 is 0.571 bits per heavy atom. The van der Waals surface area contributed by atoms with E-state index in [2.05, 4.69) is 12.2 Å². The number of unbranched alkanes of at least 4 members (excludes halogenated alkanes) is 5. The summed E-state index contributed by atoms with van der Waals surface area (Å²) in [6, 6.07) is 0. The molecule has 0 heterocycles. The molecule has 0 N–H and O–H groups in total. The highest BCUT2D eigenvalue weighted by Crippen LogP contribution is 2.06. The van der Waals surface area contributed by atoms with Crippen LogP contribution < -0.4 is 0 Å². The Hall–Kier alpha value is 0.0600. The molecule has 0 rings (SSSR count). The van der Waals surface area contributed by atoms with Crippen molar-refractivity contribution >= 4 is 23.2 Å². The molecule has 14 heavy (non-hydrogen) atoms. The van der Waals surface area contributed by atoms with E-state index in [9.17, 15) is 0 Å². The van der Waals surface area contributed by atoms with E-state index in [0.29, 0.717) is 11.8 Å². The van der Waals surface area contributed by atoms with Gasteiger partial charge in [-0.05, 0) is 25.7 Å². The van der Waals surface area contributed by atoms with Crippen molar-refractivity contribution in [3.05, 3.63) is 24.3 Å². The first-order chi connectivity index (χ1) is 6.91. The number of rotatable bonds is 9. The molecule has 0 bridgehead atoms. The molecule has 0 saturated heterocycles. The fraction of sp³-hybridized carbons (Fsp3) is 0.667. The smallest absolute Gasteiger partial charge is 0.0404 e. The fourth-order valence-corrected chi connectivity index (χ4v) is 1.49. The summed E-state index contributed by atoms with van der Waals surface area (Å²) in [5, 5.41) is 0. The Bertz CT molecular complexity index is 132. The molecule has 0 spiro atoms. The number of halogens is 2. The molecule has 0 unspecified atom stereocenters. The first kappa shape index (κ1) is 14.1. The van der Waals surface area contributed by atoms with Crippen molar-refractivity contribution in [1.82, 2.24) is 0 Å². The molecule has 2 heteroatoms. The summed E-state index contributed by atoms with van der Waals surface area (Å²) in [7, 11) is 0. The van der Waals surface area contributed by atoms with Gasteiger partial charge in [0, 0.05) is 11.8 Å². The van der Waals surface area contributed by atoms with Crippen LogP contribution in [0.15, 0.2) is 24.3 Å². The maximum absolute atomic E-state index is 5.51. The first-order valence-electron chi connectivity index (χ1n) is 5.33. The van der Waals surface area contributed by atoms with E-state index >= 15 is 0 Å². The van der Waals surface area contributed by atoms with Crippen LogP contribution in [0.2, 0.25) is 0 Å². The average Bonchev–Trinajstić information content (AvgIpc) is 2.21. The van der Waals surface area contributed by atoms with Gasteiger partial charge in [0.15, 0.2) is 0 Å². The van der Waals surface area contributed by atoms with E-state index in [1.54, 1.807) is 0 Å². The SMILES string of the molecule is ClCC=CCCCCCCC=CCCl. The summed E-state index contributed by atoms with van der Waals surface area (Å²) in [4.78, 5) is 0. The summed E-state index contributed by atoms with van der Waals surface area (Å²) in [6.45, 7) is 0. The quantitative estimate of drug-likeness (QED) is 0.302. The predicted molar refractivity (Wildman–Crippen MR) is 67.4 cm³/mol. The lowest BCUT2D eigenvalue weighted by molar-refractivity contribution is 0.652. The normalized spacial score (nSPS) is 11.9. The second-order valence-corrected chi connectivity index (χ2v) is 3.86. The molecule has 0 aromatic rings. The lowest BCUT2D eigenvalue weighted by Gasteiger charge is -1.96. The zero-order valence-electron chi connectivity index (χ0n) is 8.72. The third-order valence-corrected chi connectivity index (χ3v) is 2.36. The third kappa shape index (κ3) is 12.1. The van der Waals surface area contributed by atoms with Crippen molar-refractivity contribution in [2.45, 2.75) is 38.5 Å². The van der Waals surface area contributed by atoms with Crippen LogP contribution in [0.25, 0.3) is 0 Å². The minimum atomic E-state index is 0.642. The van der Waals surface area contributed by atoms with Crippen molar-refractivity contribution in [1.29, 1.82) is 0 Å². The Morgan fingerprint density at radius 3 is 1.36 bits per heavy atom. The Labute approximate surface area is 98.0 Å². The molecule has 0 aliphatic carbocycles. The number of allylic oxidation sites excluding steroid dienone is 4. The molecule has 0 aromatic heterocycles. The zero-order chi connectivity index (χ0) is 10.5. The van der Waals surface area contributed by atoms with Crippen LogP contribution >= 0.6 is 23.2 Å². The molecule has 0 aromatic carbocycles. The van der Waals surface area contributed by atoms with Crippen molar-refractivity contribution in [2.75, 3.05) is 11.8 Å². The van der Waals surface area contributed by atoms with E-state index in [4.69, 9.17) is 23.2 Å². The van der Waals surface area contributed by atoms with Gasteiger partial charge in [0.2, 0.25) is 0 Å². The maximum Gasteiger partial charge on any atom is 0.0404 e. The Kier molecular flexibility index (Phi) is 13.1. The summed E-state index contributed by atoms with van der Waals surface area (Å²) < 4.78 is 0. The van der Waals surface area contributed by atoms with Gasteiger partial charge in [0.1, 0.15) is 0 Å². The van der Waals surface area contributed by atoms with Crippen LogP contribution in [-0.4, -0.2) is 11.8 Å². The number of alkyl halides is 2. The standard InChI is InChI=1S/C12H20Cl2/c13-11-9-7-5-3-1-2-4-6-8-10-12-14/h7-10H,1-6,11-12H2. The molecule has 0 amide bonds. The van der Waals surface area contributed by atoms with Gasteiger partial charge in [-0.15, -0.1) is 23.2 Å². The molecule has 0 saturated carbocycles. The largest absolute Gasteiger partial charge is 0.122 e. The van der Waals surface area contributed by atoms with E-state index < -0.39 is 0 Å². The monoisotopic (exact) mass is 234 g/mol. The highest BCUT2D eigenvalue weighted by atomic mass is 35.5.